The van der Waals surface area contributed by atoms with Crippen LogP contribution in [0.2, 0.25) is 0 Å². The predicted molar refractivity (Wildman–Crippen MR) is 148 cm³/mol. The summed E-state index contributed by atoms with van der Waals surface area (Å²) in [5, 5.41) is 9.50. The lowest BCUT2D eigenvalue weighted by molar-refractivity contribution is 0.102. The molecular weight excluding hydrogens is 508 g/mol. The van der Waals surface area contributed by atoms with E-state index in [0.717, 1.165) is 10.8 Å². The number of nitrogens with zero attached hydrogens (tertiary/aromatic N) is 2. The molecule has 0 saturated heterocycles. The molecule has 0 spiro atoms. The largest absolute Gasteiger partial charge is 0.321 e. The van der Waals surface area contributed by atoms with Gasteiger partial charge in [-0.1, -0.05) is 38.1 Å². The second-order valence-electron chi connectivity index (χ2n) is 8.42. The van der Waals surface area contributed by atoms with Crippen LogP contribution in [0.25, 0.3) is 10.8 Å². The molecule has 0 bridgehead atoms. The zero-order chi connectivity index (χ0) is 26.4. The summed E-state index contributed by atoms with van der Waals surface area (Å²) < 4.78 is 27.5. The third kappa shape index (κ3) is 6.04. The van der Waals surface area contributed by atoms with Crippen LogP contribution in [-0.4, -0.2) is 42.6 Å². The van der Waals surface area contributed by atoms with Gasteiger partial charge in [-0.3, -0.25) is 14.9 Å². The van der Waals surface area contributed by atoms with Crippen molar-refractivity contribution in [1.29, 1.82) is 0 Å². The van der Waals surface area contributed by atoms with E-state index < -0.39 is 21.8 Å². The normalized spacial score (nSPS) is 11.5. The number of benzene rings is 3. The van der Waals surface area contributed by atoms with Crippen molar-refractivity contribution in [3.63, 3.8) is 0 Å². The SMILES string of the molecule is CCCN(CCC)S(=O)(=O)c1ccc(C(=O)Nc2cc3ccccc3cc2C(=O)Nc2nccs2)cc1. The summed E-state index contributed by atoms with van der Waals surface area (Å²) in [6, 6.07) is 16.9. The van der Waals surface area contributed by atoms with E-state index in [1.807, 2.05) is 38.1 Å². The van der Waals surface area contributed by atoms with Crippen LogP contribution in [-0.2, 0) is 10.0 Å². The number of rotatable bonds is 10. The molecule has 192 valence electrons. The monoisotopic (exact) mass is 536 g/mol. The van der Waals surface area contributed by atoms with Crippen molar-refractivity contribution in [2.45, 2.75) is 31.6 Å². The van der Waals surface area contributed by atoms with Gasteiger partial charge in [-0.15, -0.1) is 11.3 Å². The van der Waals surface area contributed by atoms with Gasteiger partial charge in [-0.2, -0.15) is 4.31 Å². The average molecular weight is 537 g/mol. The number of carbonyl (C=O) groups excluding carboxylic acids is 2. The molecule has 8 nitrogen and oxygen atoms in total. The molecule has 0 fully saturated rings. The molecule has 0 radical (unpaired) electrons. The molecule has 1 heterocycles. The molecule has 10 heteroatoms. The van der Waals surface area contributed by atoms with Gasteiger partial charge in [0.1, 0.15) is 0 Å². The molecule has 2 N–H and O–H groups in total. The number of hydrogen-bond donors (Lipinski definition) is 2. The smallest absolute Gasteiger partial charge is 0.259 e. The van der Waals surface area contributed by atoms with Gasteiger partial charge in [0, 0.05) is 30.2 Å². The zero-order valence-corrected chi connectivity index (χ0v) is 22.2. The first-order valence-corrected chi connectivity index (χ1v) is 14.3. The minimum Gasteiger partial charge on any atom is -0.321 e. The van der Waals surface area contributed by atoms with Crippen LogP contribution >= 0.6 is 11.3 Å². The fourth-order valence-electron chi connectivity index (χ4n) is 3.95. The Bertz CT molecular complexity index is 1500. The maximum absolute atomic E-state index is 13.1. The van der Waals surface area contributed by atoms with E-state index in [9.17, 15) is 18.0 Å². The Morgan fingerprint density at radius 3 is 2.14 bits per heavy atom. The van der Waals surface area contributed by atoms with Crippen LogP contribution in [0.5, 0.6) is 0 Å². The van der Waals surface area contributed by atoms with E-state index in [1.165, 1.54) is 39.9 Å². The van der Waals surface area contributed by atoms with Crippen molar-refractivity contribution >= 4 is 54.8 Å². The van der Waals surface area contributed by atoms with Crippen molar-refractivity contribution in [2.75, 3.05) is 23.7 Å². The molecule has 4 aromatic rings. The molecule has 1 aromatic heterocycles. The van der Waals surface area contributed by atoms with Crippen molar-refractivity contribution < 1.29 is 18.0 Å². The second kappa shape index (κ2) is 11.6. The van der Waals surface area contributed by atoms with E-state index in [2.05, 4.69) is 15.6 Å². The van der Waals surface area contributed by atoms with Crippen LogP contribution in [0, 0.1) is 0 Å². The fourth-order valence-corrected chi connectivity index (χ4v) is 6.10. The fraction of sp³-hybridized carbons (Fsp3) is 0.222. The summed E-state index contributed by atoms with van der Waals surface area (Å²) in [5.41, 5.74) is 0.902. The van der Waals surface area contributed by atoms with Crippen LogP contribution < -0.4 is 10.6 Å². The number of sulfonamides is 1. The van der Waals surface area contributed by atoms with Crippen LogP contribution in [0.15, 0.2) is 77.1 Å². The quantitative estimate of drug-likeness (QED) is 0.274. The molecule has 0 saturated carbocycles. The summed E-state index contributed by atoms with van der Waals surface area (Å²) in [5.74, 6) is -0.856. The molecule has 0 aliphatic heterocycles. The average Bonchev–Trinajstić information content (AvgIpc) is 3.41. The van der Waals surface area contributed by atoms with Gasteiger partial charge in [0.15, 0.2) is 5.13 Å². The van der Waals surface area contributed by atoms with Crippen LogP contribution in [0.1, 0.15) is 47.4 Å². The Balaban J connectivity index is 1.61. The van der Waals surface area contributed by atoms with E-state index in [4.69, 9.17) is 0 Å². The van der Waals surface area contributed by atoms with Crippen molar-refractivity contribution in [1.82, 2.24) is 9.29 Å². The second-order valence-corrected chi connectivity index (χ2v) is 11.3. The third-order valence-corrected chi connectivity index (χ3v) is 8.33. The zero-order valence-electron chi connectivity index (χ0n) is 20.6. The van der Waals surface area contributed by atoms with Gasteiger partial charge in [-0.05, 0) is 60.0 Å². The Labute approximate surface area is 220 Å². The molecule has 4 rings (SSSR count). The number of fused-ring (bicyclic) bond motifs is 1. The van der Waals surface area contributed by atoms with Crippen LogP contribution in [0.3, 0.4) is 0 Å². The minimum absolute atomic E-state index is 0.139. The van der Waals surface area contributed by atoms with E-state index in [1.54, 1.807) is 23.7 Å². The maximum atomic E-state index is 13.1. The van der Waals surface area contributed by atoms with E-state index in [-0.39, 0.29) is 16.0 Å². The van der Waals surface area contributed by atoms with Crippen molar-refractivity contribution in [3.8, 4) is 0 Å². The van der Waals surface area contributed by atoms with Gasteiger partial charge in [0.25, 0.3) is 11.8 Å². The highest BCUT2D eigenvalue weighted by Crippen LogP contribution is 2.26. The number of hydrogen-bond acceptors (Lipinski definition) is 6. The minimum atomic E-state index is -3.65. The molecule has 0 atom stereocenters. The number of thiazole rings is 1. The Morgan fingerprint density at radius 1 is 0.892 bits per heavy atom. The lowest BCUT2D eigenvalue weighted by atomic mass is 10.0. The van der Waals surface area contributed by atoms with Crippen molar-refractivity contribution in [2.24, 2.45) is 0 Å². The highest BCUT2D eigenvalue weighted by Gasteiger charge is 2.23. The maximum Gasteiger partial charge on any atom is 0.259 e. The van der Waals surface area contributed by atoms with Gasteiger partial charge in [0.05, 0.1) is 16.1 Å². The first kappa shape index (κ1) is 26.5. The Morgan fingerprint density at radius 2 is 1.54 bits per heavy atom. The highest BCUT2D eigenvalue weighted by atomic mass is 32.2. The van der Waals surface area contributed by atoms with Gasteiger partial charge >= 0.3 is 0 Å². The lowest BCUT2D eigenvalue weighted by Crippen LogP contribution is -2.32. The first-order valence-electron chi connectivity index (χ1n) is 12.0. The highest BCUT2D eigenvalue weighted by molar-refractivity contribution is 7.89. The predicted octanol–water partition coefficient (Wildman–Crippen LogP) is 5.61. The summed E-state index contributed by atoms with van der Waals surface area (Å²) in [4.78, 5) is 30.4. The van der Waals surface area contributed by atoms with Gasteiger partial charge in [0.2, 0.25) is 10.0 Å². The van der Waals surface area contributed by atoms with E-state index >= 15 is 0 Å². The van der Waals surface area contributed by atoms with Crippen molar-refractivity contribution in [3.05, 3.63) is 83.4 Å². The third-order valence-electron chi connectivity index (χ3n) is 5.73. The van der Waals surface area contributed by atoms with Gasteiger partial charge < -0.3 is 5.32 Å². The lowest BCUT2D eigenvalue weighted by Gasteiger charge is -2.21. The Kier molecular flexibility index (Phi) is 8.32. The molecule has 3 aromatic carbocycles. The van der Waals surface area contributed by atoms with E-state index in [0.29, 0.717) is 36.8 Å². The molecule has 0 unspecified atom stereocenters. The standard InChI is InChI=1S/C27H28N4O4S2/c1-3-14-31(15-4-2)37(34,35)22-11-9-19(10-12-22)25(32)29-24-18-21-8-6-5-7-20(21)17-23(24)26(33)30-27-28-13-16-36-27/h5-13,16-18H,3-4,14-15H2,1-2H3,(H,29,32)(H,28,30,33). The first-order chi connectivity index (χ1) is 17.8. The molecule has 0 aliphatic rings. The molecule has 0 aliphatic carbocycles. The summed E-state index contributed by atoms with van der Waals surface area (Å²) in [6.07, 6.45) is 3.02. The number of nitrogens with one attached hydrogen (secondary N) is 2. The number of carbonyl (C=O) groups is 2. The topological polar surface area (TPSA) is 108 Å². The summed E-state index contributed by atoms with van der Waals surface area (Å²) in [7, 11) is -3.65. The Hall–Kier alpha value is -3.60. The number of aromatic nitrogens is 1. The summed E-state index contributed by atoms with van der Waals surface area (Å²) >= 11 is 1.29. The summed E-state index contributed by atoms with van der Waals surface area (Å²) in [6.45, 7) is 4.74. The van der Waals surface area contributed by atoms with Gasteiger partial charge in [-0.25, -0.2) is 13.4 Å². The number of anilines is 2. The molecule has 37 heavy (non-hydrogen) atoms. The molecular formula is C27H28N4O4S2. The van der Waals surface area contributed by atoms with Crippen LogP contribution in [0.4, 0.5) is 10.8 Å². The molecule has 2 amide bonds. The number of amides is 2.